The Labute approximate surface area is 244 Å². The van der Waals surface area contributed by atoms with Gasteiger partial charge in [0.15, 0.2) is 0 Å². The molecule has 2 aromatic heterocycles. The van der Waals surface area contributed by atoms with E-state index in [0.29, 0.717) is 17.0 Å². The van der Waals surface area contributed by atoms with Crippen molar-refractivity contribution in [1.29, 1.82) is 0 Å². The topological polar surface area (TPSA) is 93.5 Å². The van der Waals surface area contributed by atoms with Crippen LogP contribution >= 0.6 is 23.4 Å². The summed E-state index contributed by atoms with van der Waals surface area (Å²) in [5, 5.41) is -0.273. The van der Waals surface area contributed by atoms with E-state index >= 15 is 0 Å². The van der Waals surface area contributed by atoms with Gasteiger partial charge in [-0.1, -0.05) is 11.6 Å². The van der Waals surface area contributed by atoms with Crippen molar-refractivity contribution >= 4 is 46.2 Å². The summed E-state index contributed by atoms with van der Waals surface area (Å²) < 4.78 is 49.7. The molecular weight excluding hydrogens is 581 g/mol. The van der Waals surface area contributed by atoms with Gasteiger partial charge >= 0.3 is 18.0 Å². The molecule has 1 aromatic carbocycles. The first-order valence-electron chi connectivity index (χ1n) is 13.1. The standard InChI is InChI=1S/C27H30ClF3N6O3S/c1-14-10-35(11-15(2)37(14)25(39)40-26(3,4)5)23-17-8-18(27(29,30)31)20(28)22-21(17)36(24(38)34-23)12-16(13-41-22)19-9-32-6-7-33-19/h6-9,14-16H,10-13H2,1-5H3/t14-,15+,16-/m1/s1. The highest BCUT2D eigenvalue weighted by Crippen LogP contribution is 2.47. The van der Waals surface area contributed by atoms with Crippen molar-refractivity contribution in [1.82, 2.24) is 24.4 Å². The number of rotatable bonds is 2. The van der Waals surface area contributed by atoms with Gasteiger partial charge in [0.25, 0.3) is 0 Å². The average Bonchev–Trinajstić information content (AvgIpc) is 3.07. The third-order valence-corrected chi connectivity index (χ3v) is 8.86. The molecule has 0 spiro atoms. The number of nitrogens with zero attached hydrogens (tertiary/aromatic N) is 6. The fourth-order valence-electron chi connectivity index (χ4n) is 5.45. The summed E-state index contributed by atoms with van der Waals surface area (Å²) in [6.07, 6.45) is -0.559. The van der Waals surface area contributed by atoms with Crippen molar-refractivity contribution in [2.24, 2.45) is 0 Å². The van der Waals surface area contributed by atoms with Crippen molar-refractivity contribution in [3.63, 3.8) is 0 Å². The first kappa shape index (κ1) is 29.4. The molecule has 5 rings (SSSR count). The number of ether oxygens (including phenoxy) is 1. The van der Waals surface area contributed by atoms with Crippen LogP contribution in [0.1, 0.15) is 51.8 Å². The van der Waals surface area contributed by atoms with Gasteiger partial charge in [-0.05, 0) is 40.7 Å². The van der Waals surface area contributed by atoms with Crippen LogP contribution in [-0.2, 0) is 17.5 Å². The minimum Gasteiger partial charge on any atom is -0.444 e. The highest BCUT2D eigenvalue weighted by atomic mass is 35.5. The van der Waals surface area contributed by atoms with Gasteiger partial charge in [-0.3, -0.25) is 19.4 Å². The van der Waals surface area contributed by atoms with Crippen LogP contribution in [0.25, 0.3) is 10.9 Å². The maximum absolute atomic E-state index is 14.2. The van der Waals surface area contributed by atoms with E-state index in [1.165, 1.54) is 17.0 Å². The number of amides is 1. The van der Waals surface area contributed by atoms with Gasteiger partial charge in [-0.25, -0.2) is 9.59 Å². The molecule has 3 aromatic rings. The number of benzene rings is 1. The highest BCUT2D eigenvalue weighted by Gasteiger charge is 2.40. The molecular formula is C27H30ClF3N6O3S. The summed E-state index contributed by atoms with van der Waals surface area (Å²) >= 11 is 7.57. The monoisotopic (exact) mass is 610 g/mol. The molecule has 0 aliphatic carbocycles. The number of thioether (sulfide) groups is 1. The summed E-state index contributed by atoms with van der Waals surface area (Å²) in [6.45, 7) is 9.63. The number of anilines is 1. The maximum Gasteiger partial charge on any atom is 0.417 e. The number of piperazine rings is 1. The predicted molar refractivity (Wildman–Crippen MR) is 151 cm³/mol. The number of hydrogen-bond acceptors (Lipinski definition) is 8. The Bertz CT molecular complexity index is 1530. The molecule has 1 amide bonds. The Morgan fingerprint density at radius 2 is 1.80 bits per heavy atom. The fourth-order valence-corrected chi connectivity index (χ4v) is 7.10. The first-order valence-corrected chi connectivity index (χ1v) is 14.5. The average molecular weight is 611 g/mol. The third kappa shape index (κ3) is 5.70. The van der Waals surface area contributed by atoms with Crippen LogP contribution in [0.2, 0.25) is 5.02 Å². The Hall–Kier alpha value is -3.06. The molecule has 3 atom stereocenters. The van der Waals surface area contributed by atoms with E-state index in [4.69, 9.17) is 16.3 Å². The van der Waals surface area contributed by atoms with Crippen molar-refractivity contribution < 1.29 is 22.7 Å². The summed E-state index contributed by atoms with van der Waals surface area (Å²) in [5.74, 6) is 0.164. The second-order valence-electron chi connectivity index (χ2n) is 11.4. The lowest BCUT2D eigenvalue weighted by Gasteiger charge is -2.45. The molecule has 2 aliphatic heterocycles. The molecule has 0 unspecified atom stereocenters. The van der Waals surface area contributed by atoms with Crippen LogP contribution in [0.3, 0.4) is 0 Å². The van der Waals surface area contributed by atoms with Crippen molar-refractivity contribution in [2.75, 3.05) is 23.7 Å². The third-order valence-electron chi connectivity index (χ3n) is 7.10. The van der Waals surface area contributed by atoms with Crippen LogP contribution in [-0.4, -0.2) is 67.0 Å². The Morgan fingerprint density at radius 3 is 2.39 bits per heavy atom. The van der Waals surface area contributed by atoms with Crippen LogP contribution in [0, 0.1) is 0 Å². The molecule has 0 radical (unpaired) electrons. The second kappa shape index (κ2) is 10.6. The molecule has 14 heteroatoms. The first-order chi connectivity index (χ1) is 19.2. The van der Waals surface area contributed by atoms with Crippen LogP contribution in [0.5, 0.6) is 0 Å². The maximum atomic E-state index is 14.2. The molecule has 0 N–H and O–H groups in total. The molecule has 0 bridgehead atoms. The minimum absolute atomic E-state index is 0.130. The number of halogens is 4. The smallest absolute Gasteiger partial charge is 0.417 e. The largest absolute Gasteiger partial charge is 0.444 e. The quantitative estimate of drug-likeness (QED) is 0.371. The van der Waals surface area contributed by atoms with E-state index < -0.39 is 34.1 Å². The molecule has 1 saturated heterocycles. The Kier molecular flexibility index (Phi) is 7.64. The predicted octanol–water partition coefficient (Wildman–Crippen LogP) is 5.58. The van der Waals surface area contributed by atoms with Gasteiger partial charge in [0, 0.05) is 55.3 Å². The van der Waals surface area contributed by atoms with Crippen LogP contribution < -0.4 is 10.6 Å². The summed E-state index contributed by atoms with van der Waals surface area (Å²) in [4.78, 5) is 42.8. The van der Waals surface area contributed by atoms with Gasteiger partial charge in [0.1, 0.15) is 11.4 Å². The zero-order valence-corrected chi connectivity index (χ0v) is 24.8. The van der Waals surface area contributed by atoms with E-state index in [2.05, 4.69) is 15.0 Å². The van der Waals surface area contributed by atoms with E-state index in [1.54, 1.807) is 36.8 Å². The van der Waals surface area contributed by atoms with E-state index in [9.17, 15) is 22.8 Å². The number of hydrogen-bond donors (Lipinski definition) is 0. The second-order valence-corrected chi connectivity index (χ2v) is 12.8. The molecule has 4 heterocycles. The lowest BCUT2D eigenvalue weighted by atomic mass is 10.1. The van der Waals surface area contributed by atoms with Gasteiger partial charge in [-0.2, -0.15) is 18.2 Å². The van der Waals surface area contributed by atoms with Crippen molar-refractivity contribution in [3.05, 3.63) is 51.4 Å². The Morgan fingerprint density at radius 1 is 1.12 bits per heavy atom. The summed E-state index contributed by atoms with van der Waals surface area (Å²) in [6, 6.07) is 0.249. The van der Waals surface area contributed by atoms with E-state index in [0.717, 1.165) is 17.8 Å². The zero-order chi connectivity index (χ0) is 29.9. The van der Waals surface area contributed by atoms with Gasteiger partial charge < -0.3 is 9.64 Å². The van der Waals surface area contributed by atoms with Crippen molar-refractivity contribution in [2.45, 2.75) is 75.8 Å². The molecule has 220 valence electrons. The normalized spacial score (nSPS) is 21.6. The van der Waals surface area contributed by atoms with Crippen molar-refractivity contribution in [3.8, 4) is 0 Å². The number of carbonyl (C=O) groups excluding carboxylic acids is 1. The Balaban J connectivity index is 1.63. The highest BCUT2D eigenvalue weighted by molar-refractivity contribution is 7.99. The van der Waals surface area contributed by atoms with Gasteiger partial charge in [0.05, 0.1) is 38.8 Å². The lowest BCUT2D eigenvalue weighted by molar-refractivity contribution is -0.137. The molecule has 9 nitrogen and oxygen atoms in total. The lowest BCUT2D eigenvalue weighted by Crippen LogP contribution is -2.59. The molecule has 1 fully saturated rings. The molecule has 0 saturated carbocycles. The van der Waals surface area contributed by atoms with Crippen LogP contribution in [0.4, 0.5) is 23.8 Å². The SMILES string of the molecule is C[C@@H]1CN(c2nc(=O)n3c4c(c(Cl)c(C(F)(F)F)cc24)SC[C@H](c2cnccn2)C3)C[C@H](C)N1C(=O)OC(C)(C)C. The minimum atomic E-state index is -4.73. The van der Waals surface area contributed by atoms with E-state index in [1.807, 2.05) is 13.8 Å². The van der Waals surface area contributed by atoms with Gasteiger partial charge in [0.2, 0.25) is 0 Å². The summed E-state index contributed by atoms with van der Waals surface area (Å²) in [5.41, 5.74) is -1.36. The number of carbonyl (C=O) groups is 1. The van der Waals surface area contributed by atoms with Gasteiger partial charge in [-0.15, -0.1) is 11.8 Å². The van der Waals surface area contributed by atoms with E-state index in [-0.39, 0.29) is 53.7 Å². The molecule has 41 heavy (non-hydrogen) atoms. The zero-order valence-electron chi connectivity index (χ0n) is 23.2. The van der Waals surface area contributed by atoms with Crippen LogP contribution in [0.15, 0.2) is 34.3 Å². The fraction of sp³-hybridized carbons (Fsp3) is 0.519. The number of alkyl halides is 3. The molecule has 2 aliphatic rings. The number of aromatic nitrogens is 4. The summed E-state index contributed by atoms with van der Waals surface area (Å²) in [7, 11) is 0.